The summed E-state index contributed by atoms with van der Waals surface area (Å²) in [6, 6.07) is 7.70. The Bertz CT molecular complexity index is 573. The fourth-order valence-corrected chi connectivity index (χ4v) is 1.69. The van der Waals surface area contributed by atoms with Gasteiger partial charge in [-0.2, -0.15) is 0 Å². The number of benzene rings is 1. The predicted molar refractivity (Wildman–Crippen MR) is 53.7 cm³/mol. The number of fused-ring (bicyclic) bond motifs is 3. The number of aromatic nitrogens is 1. The summed E-state index contributed by atoms with van der Waals surface area (Å²) in [5, 5.41) is 1.91. The highest BCUT2D eigenvalue weighted by molar-refractivity contribution is 6.19. The standard InChI is InChI=1S/C11H6N2O/c14-11-10-8-4-2-1-3-7(8)5-12-9(10)6-13-11/h1-6H. The van der Waals surface area contributed by atoms with Gasteiger partial charge in [-0.3, -0.25) is 9.78 Å². The van der Waals surface area contributed by atoms with Gasteiger partial charge in [-0.05, 0) is 5.39 Å². The molecule has 0 unspecified atom stereocenters. The van der Waals surface area contributed by atoms with Crippen LogP contribution >= 0.6 is 0 Å². The Hall–Kier alpha value is -2.03. The summed E-state index contributed by atoms with van der Waals surface area (Å²) in [6.45, 7) is 0. The van der Waals surface area contributed by atoms with Gasteiger partial charge in [0.25, 0.3) is 5.91 Å². The number of rotatable bonds is 0. The Morgan fingerprint density at radius 2 is 2.00 bits per heavy atom. The lowest BCUT2D eigenvalue weighted by atomic mass is 10.1. The van der Waals surface area contributed by atoms with Gasteiger partial charge in [-0.1, -0.05) is 24.3 Å². The van der Waals surface area contributed by atoms with Crippen LogP contribution in [0.3, 0.4) is 0 Å². The van der Waals surface area contributed by atoms with Gasteiger partial charge in [0.1, 0.15) is 0 Å². The number of hydrogen-bond donors (Lipinski definition) is 0. The molecule has 66 valence electrons. The lowest BCUT2D eigenvalue weighted by Gasteiger charge is -2.00. The maximum absolute atomic E-state index is 11.4. The largest absolute Gasteiger partial charge is 0.279 e. The molecule has 0 aliphatic carbocycles. The molecule has 0 saturated carbocycles. The van der Waals surface area contributed by atoms with Gasteiger partial charge >= 0.3 is 0 Å². The molecule has 0 radical (unpaired) electrons. The van der Waals surface area contributed by atoms with Gasteiger partial charge in [0.15, 0.2) is 0 Å². The van der Waals surface area contributed by atoms with E-state index in [4.69, 9.17) is 0 Å². The number of pyridine rings is 1. The van der Waals surface area contributed by atoms with Crippen molar-refractivity contribution in [2.45, 2.75) is 0 Å². The van der Waals surface area contributed by atoms with Crippen molar-refractivity contribution in [1.82, 2.24) is 4.98 Å². The summed E-state index contributed by atoms with van der Waals surface area (Å²) < 4.78 is 0. The second kappa shape index (κ2) is 2.48. The minimum absolute atomic E-state index is 0.190. The third-order valence-electron chi connectivity index (χ3n) is 2.35. The van der Waals surface area contributed by atoms with Gasteiger partial charge in [0, 0.05) is 11.6 Å². The lowest BCUT2D eigenvalue weighted by Crippen LogP contribution is -1.96. The summed E-state index contributed by atoms with van der Waals surface area (Å²) in [7, 11) is 0. The highest BCUT2D eigenvalue weighted by atomic mass is 16.1. The highest BCUT2D eigenvalue weighted by Crippen LogP contribution is 2.23. The van der Waals surface area contributed by atoms with E-state index in [-0.39, 0.29) is 5.91 Å². The quantitative estimate of drug-likeness (QED) is 0.623. The number of aliphatic imine (C=N–C) groups is 1. The zero-order valence-corrected chi connectivity index (χ0v) is 7.27. The molecule has 1 aromatic heterocycles. The minimum atomic E-state index is -0.190. The molecule has 2 aromatic rings. The van der Waals surface area contributed by atoms with E-state index in [1.807, 2.05) is 24.3 Å². The molecule has 0 spiro atoms. The van der Waals surface area contributed by atoms with Crippen molar-refractivity contribution < 1.29 is 4.79 Å². The molecule has 3 heteroatoms. The van der Waals surface area contributed by atoms with Crippen LogP contribution in [0, 0.1) is 0 Å². The minimum Gasteiger partial charge on any atom is -0.267 e. The molecule has 3 rings (SSSR count). The molecule has 0 fully saturated rings. The molecule has 1 aliphatic heterocycles. The molecule has 1 amide bonds. The average Bonchev–Trinajstić information content (AvgIpc) is 2.61. The monoisotopic (exact) mass is 182 g/mol. The van der Waals surface area contributed by atoms with E-state index in [0.29, 0.717) is 11.3 Å². The van der Waals surface area contributed by atoms with Crippen LogP contribution in [0.15, 0.2) is 35.5 Å². The maximum Gasteiger partial charge on any atom is 0.279 e. The van der Waals surface area contributed by atoms with E-state index in [1.165, 1.54) is 6.21 Å². The molecule has 1 aromatic carbocycles. The number of hydrogen-bond acceptors (Lipinski definition) is 2. The normalized spacial score (nSPS) is 13.6. The van der Waals surface area contributed by atoms with Crippen LogP contribution in [0.4, 0.5) is 0 Å². The SMILES string of the molecule is O=C1N=Cc2ncc3ccccc3c21. The number of carbonyl (C=O) groups excluding carboxylic acids is 1. The average molecular weight is 182 g/mol. The van der Waals surface area contributed by atoms with Crippen LogP contribution in [0.25, 0.3) is 10.8 Å². The van der Waals surface area contributed by atoms with Crippen molar-refractivity contribution in [1.29, 1.82) is 0 Å². The maximum atomic E-state index is 11.4. The first kappa shape index (κ1) is 7.38. The summed E-state index contributed by atoms with van der Waals surface area (Å²) in [5.41, 5.74) is 1.30. The van der Waals surface area contributed by atoms with Gasteiger partial charge in [0.05, 0.1) is 17.5 Å². The van der Waals surface area contributed by atoms with Crippen molar-refractivity contribution in [2.24, 2.45) is 4.99 Å². The van der Waals surface area contributed by atoms with Crippen molar-refractivity contribution in [3.8, 4) is 0 Å². The Balaban J connectivity index is 2.50. The molecule has 0 N–H and O–H groups in total. The summed E-state index contributed by atoms with van der Waals surface area (Å²) in [4.78, 5) is 19.3. The van der Waals surface area contributed by atoms with Crippen LogP contribution in [-0.2, 0) is 0 Å². The van der Waals surface area contributed by atoms with Crippen LogP contribution < -0.4 is 0 Å². The molecular weight excluding hydrogens is 176 g/mol. The molecule has 2 heterocycles. The van der Waals surface area contributed by atoms with Gasteiger partial charge in [0.2, 0.25) is 0 Å². The van der Waals surface area contributed by atoms with Gasteiger partial charge < -0.3 is 0 Å². The Kier molecular flexibility index (Phi) is 1.31. The predicted octanol–water partition coefficient (Wildman–Crippen LogP) is 1.81. The van der Waals surface area contributed by atoms with E-state index in [0.717, 1.165) is 10.8 Å². The summed E-state index contributed by atoms with van der Waals surface area (Å²) >= 11 is 0. The fourth-order valence-electron chi connectivity index (χ4n) is 1.69. The van der Waals surface area contributed by atoms with Crippen LogP contribution in [0.1, 0.15) is 16.1 Å². The Morgan fingerprint density at radius 3 is 2.93 bits per heavy atom. The first-order valence-electron chi connectivity index (χ1n) is 4.32. The van der Waals surface area contributed by atoms with E-state index in [9.17, 15) is 4.79 Å². The molecule has 1 aliphatic rings. The molecule has 0 atom stereocenters. The first-order chi connectivity index (χ1) is 6.86. The molecule has 0 saturated heterocycles. The fraction of sp³-hybridized carbons (Fsp3) is 0. The summed E-state index contributed by atoms with van der Waals surface area (Å²) in [5.74, 6) is -0.190. The van der Waals surface area contributed by atoms with E-state index >= 15 is 0 Å². The Labute approximate surface area is 80.1 Å². The second-order valence-corrected chi connectivity index (χ2v) is 3.17. The topological polar surface area (TPSA) is 42.3 Å². The zero-order chi connectivity index (χ0) is 9.54. The van der Waals surface area contributed by atoms with E-state index in [2.05, 4.69) is 9.98 Å². The van der Waals surface area contributed by atoms with Crippen molar-refractivity contribution in [2.75, 3.05) is 0 Å². The third kappa shape index (κ3) is 0.836. The van der Waals surface area contributed by atoms with Crippen molar-refractivity contribution >= 4 is 22.9 Å². The van der Waals surface area contributed by atoms with Crippen LogP contribution in [0.2, 0.25) is 0 Å². The number of amides is 1. The first-order valence-corrected chi connectivity index (χ1v) is 4.32. The van der Waals surface area contributed by atoms with Gasteiger partial charge in [-0.15, -0.1) is 0 Å². The zero-order valence-electron chi connectivity index (χ0n) is 7.27. The molecule has 0 bridgehead atoms. The number of nitrogens with zero attached hydrogens (tertiary/aromatic N) is 2. The highest BCUT2D eigenvalue weighted by Gasteiger charge is 2.19. The van der Waals surface area contributed by atoms with E-state index in [1.54, 1.807) is 6.20 Å². The molecular formula is C11H6N2O. The lowest BCUT2D eigenvalue weighted by molar-refractivity contribution is 0.101. The van der Waals surface area contributed by atoms with Crippen LogP contribution in [0.5, 0.6) is 0 Å². The number of carbonyl (C=O) groups is 1. The third-order valence-corrected chi connectivity index (χ3v) is 2.35. The van der Waals surface area contributed by atoms with Gasteiger partial charge in [-0.25, -0.2) is 4.99 Å². The summed E-state index contributed by atoms with van der Waals surface area (Å²) in [6.07, 6.45) is 3.28. The Morgan fingerprint density at radius 1 is 1.14 bits per heavy atom. The van der Waals surface area contributed by atoms with Crippen LogP contribution in [-0.4, -0.2) is 17.1 Å². The van der Waals surface area contributed by atoms with Crippen molar-refractivity contribution in [3.05, 3.63) is 41.7 Å². The molecule has 3 nitrogen and oxygen atoms in total. The van der Waals surface area contributed by atoms with Crippen molar-refractivity contribution in [3.63, 3.8) is 0 Å². The van der Waals surface area contributed by atoms with E-state index < -0.39 is 0 Å². The molecule has 14 heavy (non-hydrogen) atoms. The smallest absolute Gasteiger partial charge is 0.267 e. The second-order valence-electron chi connectivity index (χ2n) is 3.17.